The van der Waals surface area contributed by atoms with Gasteiger partial charge in [0.05, 0.1) is 13.2 Å². The van der Waals surface area contributed by atoms with E-state index in [0.29, 0.717) is 44.3 Å². The Hall–Kier alpha value is -0.920. The van der Waals surface area contributed by atoms with Crippen molar-refractivity contribution in [1.82, 2.24) is 15.5 Å². The fourth-order valence-corrected chi connectivity index (χ4v) is 3.71. The van der Waals surface area contributed by atoms with Gasteiger partial charge in [-0.1, -0.05) is 12.1 Å². The van der Waals surface area contributed by atoms with Crippen molar-refractivity contribution in [2.75, 3.05) is 45.9 Å². The summed E-state index contributed by atoms with van der Waals surface area (Å²) in [6.45, 7) is 5.37. The van der Waals surface area contributed by atoms with Crippen molar-refractivity contribution < 1.29 is 13.9 Å². The number of carbonyl (C=O) groups is 1. The second-order valence-electron chi connectivity index (χ2n) is 6.90. The van der Waals surface area contributed by atoms with Gasteiger partial charge in [-0.25, -0.2) is 4.39 Å². The Bertz CT molecular complexity index is 568. The fourth-order valence-electron chi connectivity index (χ4n) is 3.71. The quantitative estimate of drug-likeness (QED) is 0.740. The highest BCUT2D eigenvalue weighted by Crippen LogP contribution is 2.23. The molecule has 2 atom stereocenters. The molecular formula is C19H30Cl2FN3O2. The van der Waals surface area contributed by atoms with E-state index in [2.05, 4.69) is 15.5 Å². The summed E-state index contributed by atoms with van der Waals surface area (Å²) >= 11 is 0. The van der Waals surface area contributed by atoms with Crippen LogP contribution in [0.15, 0.2) is 24.3 Å². The number of morpholine rings is 1. The number of nitrogens with one attached hydrogen (secondary N) is 2. The Morgan fingerprint density at radius 3 is 2.78 bits per heavy atom. The Labute approximate surface area is 173 Å². The lowest BCUT2D eigenvalue weighted by atomic mass is 9.96. The van der Waals surface area contributed by atoms with E-state index in [-0.39, 0.29) is 36.5 Å². The van der Waals surface area contributed by atoms with E-state index >= 15 is 0 Å². The number of hydrogen-bond donors (Lipinski definition) is 2. The number of piperidine rings is 1. The van der Waals surface area contributed by atoms with Gasteiger partial charge in [0.2, 0.25) is 5.91 Å². The third-order valence-corrected chi connectivity index (χ3v) is 5.07. The number of carbonyl (C=O) groups excluding carboxylic acids is 1. The van der Waals surface area contributed by atoms with Gasteiger partial charge in [-0.3, -0.25) is 9.69 Å². The molecule has 2 heterocycles. The maximum atomic E-state index is 13.7. The third kappa shape index (κ3) is 7.20. The van der Waals surface area contributed by atoms with Gasteiger partial charge in [-0.15, -0.1) is 24.8 Å². The Morgan fingerprint density at radius 1 is 1.33 bits per heavy atom. The molecular weight excluding hydrogens is 392 g/mol. The first kappa shape index (κ1) is 24.1. The lowest BCUT2D eigenvalue weighted by Gasteiger charge is -2.34. The van der Waals surface area contributed by atoms with Gasteiger partial charge in [0.15, 0.2) is 0 Å². The van der Waals surface area contributed by atoms with Crippen molar-refractivity contribution in [2.24, 2.45) is 5.92 Å². The monoisotopic (exact) mass is 421 g/mol. The first-order valence-electron chi connectivity index (χ1n) is 9.30. The molecule has 0 radical (unpaired) electrons. The van der Waals surface area contributed by atoms with Crippen LogP contribution in [0.5, 0.6) is 0 Å². The maximum Gasteiger partial charge on any atom is 0.241 e. The van der Waals surface area contributed by atoms with Crippen LogP contribution in [0.2, 0.25) is 0 Å². The molecule has 154 valence electrons. The summed E-state index contributed by atoms with van der Waals surface area (Å²) in [5.41, 5.74) is 0.707. The zero-order valence-corrected chi connectivity index (χ0v) is 17.1. The van der Waals surface area contributed by atoms with Crippen molar-refractivity contribution in [3.63, 3.8) is 0 Å². The van der Waals surface area contributed by atoms with Crippen molar-refractivity contribution in [3.8, 4) is 0 Å². The molecule has 0 aliphatic carbocycles. The van der Waals surface area contributed by atoms with Crippen molar-refractivity contribution in [3.05, 3.63) is 35.6 Å². The largest absolute Gasteiger partial charge is 0.379 e. The summed E-state index contributed by atoms with van der Waals surface area (Å²) in [6.07, 6.45) is 3.41. The molecule has 2 fully saturated rings. The highest BCUT2D eigenvalue weighted by Gasteiger charge is 2.29. The van der Waals surface area contributed by atoms with Crippen LogP contribution in [0.3, 0.4) is 0 Å². The average Bonchev–Trinajstić information content (AvgIpc) is 2.64. The first-order chi connectivity index (χ1) is 12.2. The highest BCUT2D eigenvalue weighted by molar-refractivity contribution is 5.85. The normalized spacial score (nSPS) is 21.4. The van der Waals surface area contributed by atoms with E-state index in [4.69, 9.17) is 4.74 Å². The minimum Gasteiger partial charge on any atom is -0.379 e. The second-order valence-corrected chi connectivity index (χ2v) is 6.90. The van der Waals surface area contributed by atoms with Gasteiger partial charge < -0.3 is 15.4 Å². The molecule has 1 amide bonds. The lowest BCUT2D eigenvalue weighted by molar-refractivity contribution is -0.128. The van der Waals surface area contributed by atoms with Crippen molar-refractivity contribution in [2.45, 2.75) is 25.3 Å². The highest BCUT2D eigenvalue weighted by atomic mass is 35.5. The first-order valence-corrected chi connectivity index (χ1v) is 9.30. The van der Waals surface area contributed by atoms with Crippen LogP contribution in [-0.4, -0.2) is 56.7 Å². The second kappa shape index (κ2) is 12.5. The molecule has 2 saturated heterocycles. The standard InChI is InChI=1S/C19H28FN3O2.2ClH/c20-17-5-1-4-16(13-17)18(23-9-11-25-12-10-23)19(24)22-8-6-15-3-2-7-21-14-15;;/h1,4-5,13,15,18,21H,2-3,6-12,14H2,(H,22,24);2*1H. The number of nitrogens with zero attached hydrogens (tertiary/aromatic N) is 1. The Kier molecular flexibility index (Phi) is 11.2. The molecule has 0 saturated carbocycles. The molecule has 5 nitrogen and oxygen atoms in total. The Morgan fingerprint density at radius 2 is 2.11 bits per heavy atom. The molecule has 1 aromatic carbocycles. The number of halogens is 3. The van der Waals surface area contributed by atoms with Gasteiger partial charge in [0, 0.05) is 19.6 Å². The molecule has 2 unspecified atom stereocenters. The average molecular weight is 422 g/mol. The van der Waals surface area contributed by atoms with Crippen LogP contribution in [0, 0.1) is 11.7 Å². The Balaban J connectivity index is 0.00000182. The molecule has 2 N–H and O–H groups in total. The maximum absolute atomic E-state index is 13.7. The van der Waals surface area contributed by atoms with E-state index in [9.17, 15) is 9.18 Å². The molecule has 3 rings (SSSR count). The van der Waals surface area contributed by atoms with E-state index < -0.39 is 6.04 Å². The zero-order chi connectivity index (χ0) is 17.5. The fraction of sp³-hybridized carbons (Fsp3) is 0.632. The van der Waals surface area contributed by atoms with E-state index in [0.717, 1.165) is 19.5 Å². The summed E-state index contributed by atoms with van der Waals surface area (Å²) in [5, 5.41) is 6.48. The number of hydrogen-bond acceptors (Lipinski definition) is 4. The molecule has 2 aliphatic heterocycles. The zero-order valence-electron chi connectivity index (χ0n) is 15.5. The molecule has 1 aromatic rings. The third-order valence-electron chi connectivity index (χ3n) is 5.07. The van der Waals surface area contributed by atoms with Gasteiger partial charge >= 0.3 is 0 Å². The van der Waals surface area contributed by atoms with E-state index in [1.807, 2.05) is 6.07 Å². The molecule has 0 aromatic heterocycles. The summed E-state index contributed by atoms with van der Waals surface area (Å²) in [6, 6.07) is 5.91. The molecule has 0 bridgehead atoms. The number of rotatable bonds is 6. The topological polar surface area (TPSA) is 53.6 Å². The van der Waals surface area contributed by atoms with Crippen LogP contribution < -0.4 is 10.6 Å². The summed E-state index contributed by atoms with van der Waals surface area (Å²) < 4.78 is 19.1. The van der Waals surface area contributed by atoms with Crippen molar-refractivity contribution in [1.29, 1.82) is 0 Å². The summed E-state index contributed by atoms with van der Waals surface area (Å²) in [4.78, 5) is 14.9. The van der Waals surface area contributed by atoms with Crippen LogP contribution in [0.4, 0.5) is 4.39 Å². The van der Waals surface area contributed by atoms with Gasteiger partial charge in [-0.2, -0.15) is 0 Å². The molecule has 8 heteroatoms. The van der Waals surface area contributed by atoms with Crippen molar-refractivity contribution >= 4 is 30.7 Å². The summed E-state index contributed by atoms with van der Waals surface area (Å²) in [7, 11) is 0. The smallest absolute Gasteiger partial charge is 0.241 e. The predicted molar refractivity (Wildman–Crippen MR) is 109 cm³/mol. The van der Waals surface area contributed by atoms with Gasteiger partial charge in [0.1, 0.15) is 11.9 Å². The lowest BCUT2D eigenvalue weighted by Crippen LogP contribution is -2.46. The van der Waals surface area contributed by atoms with Crippen LogP contribution >= 0.6 is 24.8 Å². The minimum absolute atomic E-state index is 0. The van der Waals surface area contributed by atoms with Gasteiger partial charge in [-0.05, 0) is 56.0 Å². The molecule has 0 spiro atoms. The predicted octanol–water partition coefficient (Wildman–Crippen LogP) is 2.55. The number of benzene rings is 1. The molecule has 27 heavy (non-hydrogen) atoms. The molecule has 2 aliphatic rings. The van der Waals surface area contributed by atoms with Gasteiger partial charge in [0.25, 0.3) is 0 Å². The van der Waals surface area contributed by atoms with Crippen LogP contribution in [0.1, 0.15) is 30.9 Å². The minimum atomic E-state index is -0.455. The van der Waals surface area contributed by atoms with E-state index in [1.165, 1.54) is 25.0 Å². The van der Waals surface area contributed by atoms with E-state index in [1.54, 1.807) is 6.07 Å². The summed E-state index contributed by atoms with van der Waals surface area (Å²) in [5.74, 6) is 0.276. The van der Waals surface area contributed by atoms with Crippen LogP contribution in [-0.2, 0) is 9.53 Å². The number of amides is 1. The SMILES string of the molecule is Cl.Cl.O=C(NCCC1CCCNC1)C(c1cccc(F)c1)N1CCOCC1. The van der Waals surface area contributed by atoms with Crippen LogP contribution in [0.25, 0.3) is 0 Å². The number of ether oxygens (including phenoxy) is 1.